The van der Waals surface area contributed by atoms with E-state index in [1.54, 1.807) is 11.3 Å². The molecular weight excluding hydrogens is 528 g/mol. The molecule has 2 heterocycles. The molecule has 1 saturated heterocycles. The van der Waals surface area contributed by atoms with E-state index in [-0.39, 0.29) is 38.6 Å². The molecule has 0 aliphatic carbocycles. The van der Waals surface area contributed by atoms with E-state index in [4.69, 9.17) is 4.74 Å². The van der Waals surface area contributed by atoms with Gasteiger partial charge in [0.25, 0.3) is 0 Å². The van der Waals surface area contributed by atoms with Gasteiger partial charge in [0.1, 0.15) is 25.3 Å². The lowest BCUT2D eigenvalue weighted by molar-refractivity contribution is -0.144. The molecule has 10 heteroatoms. The van der Waals surface area contributed by atoms with E-state index >= 15 is 0 Å². The summed E-state index contributed by atoms with van der Waals surface area (Å²) >= 11 is 1.58. The Balaban J connectivity index is 1.61. The summed E-state index contributed by atoms with van der Waals surface area (Å²) in [6, 6.07) is 6.14. The first kappa shape index (κ1) is 31.3. The second-order valence-electron chi connectivity index (χ2n) is 11.0. The van der Waals surface area contributed by atoms with Crippen LogP contribution in [0.1, 0.15) is 58.2 Å². The van der Waals surface area contributed by atoms with Gasteiger partial charge in [-0.05, 0) is 29.9 Å². The first-order valence-corrected chi connectivity index (χ1v) is 14.5. The average Bonchev–Trinajstić information content (AvgIpc) is 3.52. The number of β-amino-alcohol motifs (C(OH)–C–C–N with tert-alkyl or cyclic N) is 1. The van der Waals surface area contributed by atoms with Crippen molar-refractivity contribution in [3.8, 4) is 22.3 Å². The third-order valence-electron chi connectivity index (χ3n) is 6.62. The number of nitrogens with zero attached hydrogens (tertiary/aromatic N) is 2. The molecule has 1 aromatic carbocycles. The first-order valence-electron chi connectivity index (χ1n) is 13.6. The summed E-state index contributed by atoms with van der Waals surface area (Å²) in [5, 5.41) is 16.0. The molecule has 0 saturated carbocycles. The van der Waals surface area contributed by atoms with Gasteiger partial charge in [0, 0.05) is 25.9 Å². The number of carbonyl (C=O) groups excluding carboxylic acids is 3. The molecule has 0 spiro atoms. The molecule has 1 aliphatic rings. The Kier molecular flexibility index (Phi) is 11.3. The van der Waals surface area contributed by atoms with E-state index in [2.05, 4.69) is 27.5 Å². The lowest BCUT2D eigenvalue weighted by Gasteiger charge is -2.35. The normalized spacial score (nSPS) is 17.6. The van der Waals surface area contributed by atoms with Gasteiger partial charge >= 0.3 is 0 Å². The van der Waals surface area contributed by atoms with Gasteiger partial charge in [-0.3, -0.25) is 14.4 Å². The van der Waals surface area contributed by atoms with Crippen molar-refractivity contribution < 1.29 is 24.2 Å². The number of unbranched alkanes of at least 4 members (excludes halogenated alkanes) is 1. The lowest BCUT2D eigenvalue weighted by Crippen LogP contribution is -2.58. The summed E-state index contributed by atoms with van der Waals surface area (Å²) in [5.74, 6) is 4.60. The largest absolute Gasteiger partial charge is 0.391 e. The van der Waals surface area contributed by atoms with Crippen LogP contribution in [0.3, 0.4) is 0 Å². The number of aliphatic hydroxyl groups excluding tert-OH is 1. The Morgan fingerprint density at radius 1 is 1.23 bits per heavy atom. The molecule has 3 N–H and O–H groups in total. The van der Waals surface area contributed by atoms with Crippen LogP contribution >= 0.6 is 11.3 Å². The minimum absolute atomic E-state index is 0.0196. The Morgan fingerprint density at radius 2 is 1.95 bits per heavy atom. The van der Waals surface area contributed by atoms with Gasteiger partial charge in [0.15, 0.2) is 0 Å². The molecule has 3 atom stereocenters. The molecule has 0 unspecified atom stereocenters. The van der Waals surface area contributed by atoms with Crippen LogP contribution in [0.2, 0.25) is 0 Å². The highest BCUT2D eigenvalue weighted by atomic mass is 32.1. The molecule has 1 aromatic heterocycles. The monoisotopic (exact) mass is 568 g/mol. The summed E-state index contributed by atoms with van der Waals surface area (Å²) in [6.45, 7) is 9.73. The van der Waals surface area contributed by atoms with Crippen molar-refractivity contribution >= 4 is 29.1 Å². The summed E-state index contributed by atoms with van der Waals surface area (Å²) in [7, 11) is 0. The fourth-order valence-electron chi connectivity index (χ4n) is 4.44. The molecular formula is C30H40N4O5S. The van der Waals surface area contributed by atoms with Crippen molar-refractivity contribution in [2.45, 2.75) is 78.6 Å². The molecule has 2 aromatic rings. The number of aliphatic hydroxyl groups is 1. The third kappa shape index (κ3) is 8.62. The smallest absolute Gasteiger partial charge is 0.246 e. The van der Waals surface area contributed by atoms with Gasteiger partial charge in [0.05, 0.1) is 22.2 Å². The molecule has 3 rings (SSSR count). The van der Waals surface area contributed by atoms with Gasteiger partial charge in [0.2, 0.25) is 17.7 Å². The van der Waals surface area contributed by atoms with E-state index < -0.39 is 35.4 Å². The van der Waals surface area contributed by atoms with E-state index in [1.807, 2.05) is 64.4 Å². The standard InChI is InChI=1S/C30H40N4O5S/c1-6-7-8-9-14-39-18-25(36)33-27(30(3,4)5)29(38)34-17-23(35)15-24(34)28(37)31-16-21-10-12-22(13-11-21)26-20(2)32-19-40-26/h10-13,19,23-24,27,35H,6-7,14-18H2,1-5H3,(H,31,37)(H,33,36)/t23-,24+,27-/m1/s1. The molecule has 3 amide bonds. The number of hydrogen-bond acceptors (Lipinski definition) is 7. The van der Waals surface area contributed by atoms with Crippen LogP contribution in [0.5, 0.6) is 0 Å². The highest BCUT2D eigenvalue weighted by molar-refractivity contribution is 7.13. The summed E-state index contributed by atoms with van der Waals surface area (Å²) < 4.78 is 5.33. The van der Waals surface area contributed by atoms with Crippen molar-refractivity contribution in [2.75, 3.05) is 19.8 Å². The summed E-state index contributed by atoms with van der Waals surface area (Å²) in [6.07, 6.45) is 1.02. The zero-order chi connectivity index (χ0) is 29.3. The predicted octanol–water partition coefficient (Wildman–Crippen LogP) is 3.05. The Morgan fingerprint density at radius 3 is 2.58 bits per heavy atom. The topological polar surface area (TPSA) is 121 Å². The fourth-order valence-corrected chi connectivity index (χ4v) is 5.25. The molecule has 1 fully saturated rings. The second-order valence-corrected chi connectivity index (χ2v) is 11.9. The Hall–Kier alpha value is -3.26. The van der Waals surface area contributed by atoms with Gasteiger partial charge in [-0.25, -0.2) is 4.98 Å². The van der Waals surface area contributed by atoms with Gasteiger partial charge in [-0.2, -0.15) is 0 Å². The van der Waals surface area contributed by atoms with Crippen LogP contribution in [0.15, 0.2) is 29.8 Å². The predicted molar refractivity (Wildman–Crippen MR) is 155 cm³/mol. The van der Waals surface area contributed by atoms with E-state index in [9.17, 15) is 19.5 Å². The Labute approximate surface area is 240 Å². The van der Waals surface area contributed by atoms with Gasteiger partial charge in [-0.1, -0.05) is 57.9 Å². The number of benzene rings is 1. The van der Waals surface area contributed by atoms with Crippen molar-refractivity contribution in [3.63, 3.8) is 0 Å². The SMILES string of the molecule is CCCC#CCOCC(=O)N[C@H](C(=O)N1C[C@H](O)C[C@H]1C(=O)NCc1ccc(-c2scnc2C)cc1)C(C)(C)C. The lowest BCUT2D eigenvalue weighted by atomic mass is 9.85. The van der Waals surface area contributed by atoms with E-state index in [1.165, 1.54) is 4.90 Å². The van der Waals surface area contributed by atoms with Crippen LogP contribution in [0.25, 0.3) is 10.4 Å². The number of thiazole rings is 1. The highest BCUT2D eigenvalue weighted by Crippen LogP contribution is 2.28. The number of carbonyl (C=O) groups is 3. The first-order chi connectivity index (χ1) is 19.0. The minimum Gasteiger partial charge on any atom is -0.391 e. The maximum atomic E-state index is 13.6. The maximum Gasteiger partial charge on any atom is 0.246 e. The van der Waals surface area contributed by atoms with Crippen LogP contribution in [0.4, 0.5) is 0 Å². The van der Waals surface area contributed by atoms with Gasteiger partial charge in [-0.15, -0.1) is 17.3 Å². The summed E-state index contributed by atoms with van der Waals surface area (Å²) in [4.78, 5) is 46.2. The number of hydrogen-bond donors (Lipinski definition) is 3. The number of likely N-dealkylation sites (tertiary alicyclic amines) is 1. The molecule has 0 bridgehead atoms. The van der Waals surface area contributed by atoms with Gasteiger partial charge < -0.3 is 25.4 Å². The average molecular weight is 569 g/mol. The van der Waals surface area contributed by atoms with Crippen LogP contribution in [-0.4, -0.2) is 70.7 Å². The second kappa shape index (κ2) is 14.4. The Bertz CT molecular complexity index is 1230. The number of aryl methyl sites for hydroxylation is 1. The number of nitrogens with one attached hydrogen (secondary N) is 2. The van der Waals surface area contributed by atoms with Crippen molar-refractivity contribution in [2.24, 2.45) is 5.41 Å². The zero-order valence-electron chi connectivity index (χ0n) is 24.0. The van der Waals surface area contributed by atoms with Crippen molar-refractivity contribution in [1.82, 2.24) is 20.5 Å². The molecule has 40 heavy (non-hydrogen) atoms. The van der Waals surface area contributed by atoms with Crippen LogP contribution in [-0.2, 0) is 25.7 Å². The molecule has 0 radical (unpaired) electrons. The molecule has 1 aliphatic heterocycles. The third-order valence-corrected chi connectivity index (χ3v) is 7.60. The van der Waals surface area contributed by atoms with Crippen molar-refractivity contribution in [3.05, 3.63) is 41.0 Å². The maximum absolute atomic E-state index is 13.6. The van der Waals surface area contributed by atoms with Crippen LogP contribution < -0.4 is 10.6 Å². The fraction of sp³-hybridized carbons (Fsp3) is 0.533. The molecule has 216 valence electrons. The quantitative estimate of drug-likeness (QED) is 0.299. The van der Waals surface area contributed by atoms with E-state index in [0.717, 1.165) is 34.5 Å². The number of ether oxygens (including phenoxy) is 1. The minimum atomic E-state index is -0.905. The number of aromatic nitrogens is 1. The zero-order valence-corrected chi connectivity index (χ0v) is 24.8. The van der Waals surface area contributed by atoms with Crippen LogP contribution in [0, 0.1) is 24.2 Å². The van der Waals surface area contributed by atoms with Crippen molar-refractivity contribution in [1.29, 1.82) is 0 Å². The summed E-state index contributed by atoms with van der Waals surface area (Å²) in [5.41, 5.74) is 4.13. The highest BCUT2D eigenvalue weighted by Gasteiger charge is 2.44. The molecule has 9 nitrogen and oxygen atoms in total. The number of rotatable bonds is 10. The van der Waals surface area contributed by atoms with E-state index in [0.29, 0.717) is 0 Å². The number of amides is 3.